The predicted octanol–water partition coefficient (Wildman–Crippen LogP) is 0.503. The van der Waals surface area contributed by atoms with Crippen LogP contribution in [0.15, 0.2) is 18.2 Å². The van der Waals surface area contributed by atoms with Crippen molar-refractivity contribution < 1.29 is 19.0 Å². The molecular formula is C14H20N2O4. The third-order valence-corrected chi connectivity index (χ3v) is 3.32. The summed E-state index contributed by atoms with van der Waals surface area (Å²) in [5.74, 6) is 0.903. The molecule has 1 aromatic carbocycles. The molecule has 1 aromatic rings. The van der Waals surface area contributed by atoms with E-state index in [2.05, 4.69) is 0 Å². The van der Waals surface area contributed by atoms with Gasteiger partial charge in [-0.05, 0) is 12.1 Å². The highest BCUT2D eigenvalue weighted by molar-refractivity contribution is 5.97. The second kappa shape index (κ2) is 6.58. The van der Waals surface area contributed by atoms with E-state index in [1.54, 1.807) is 30.2 Å². The van der Waals surface area contributed by atoms with Crippen LogP contribution in [-0.2, 0) is 4.74 Å². The Morgan fingerprint density at radius 1 is 1.45 bits per heavy atom. The second-order valence-electron chi connectivity index (χ2n) is 4.52. The number of methoxy groups -OCH3 is 2. The summed E-state index contributed by atoms with van der Waals surface area (Å²) in [6.45, 7) is 1.95. The molecule has 0 unspecified atom stereocenters. The Morgan fingerprint density at radius 2 is 2.25 bits per heavy atom. The van der Waals surface area contributed by atoms with Crippen LogP contribution in [0.3, 0.4) is 0 Å². The highest BCUT2D eigenvalue weighted by Gasteiger charge is 2.27. The van der Waals surface area contributed by atoms with E-state index < -0.39 is 0 Å². The molecule has 6 heteroatoms. The molecule has 2 N–H and O–H groups in total. The molecule has 1 heterocycles. The summed E-state index contributed by atoms with van der Waals surface area (Å²) in [6.07, 6.45) is -0.107. The number of amides is 1. The molecule has 0 radical (unpaired) electrons. The van der Waals surface area contributed by atoms with Gasteiger partial charge in [-0.1, -0.05) is 6.07 Å². The summed E-state index contributed by atoms with van der Waals surface area (Å²) in [5, 5.41) is 0. The number of rotatable bonds is 4. The Kier molecular flexibility index (Phi) is 4.81. The van der Waals surface area contributed by atoms with Crippen molar-refractivity contribution in [2.45, 2.75) is 6.10 Å². The number of nitrogens with two attached hydrogens (primary N) is 1. The summed E-state index contributed by atoms with van der Waals surface area (Å²) in [6, 6.07) is 5.27. The molecule has 110 valence electrons. The lowest BCUT2D eigenvalue weighted by Crippen LogP contribution is -2.48. The third kappa shape index (κ3) is 2.86. The molecule has 2 rings (SSSR count). The van der Waals surface area contributed by atoms with Crippen LogP contribution in [0.4, 0.5) is 0 Å². The first-order chi connectivity index (χ1) is 9.71. The van der Waals surface area contributed by atoms with E-state index in [1.165, 1.54) is 7.11 Å². The topological polar surface area (TPSA) is 74.0 Å². The first-order valence-corrected chi connectivity index (χ1v) is 6.53. The number of hydrogen-bond donors (Lipinski definition) is 1. The maximum absolute atomic E-state index is 12.6. The SMILES string of the molecule is COc1cccc(C(=O)N2CCO[C@@H](CN)C2)c1OC. The lowest BCUT2D eigenvalue weighted by atomic mass is 10.1. The van der Waals surface area contributed by atoms with Gasteiger partial charge in [-0.2, -0.15) is 0 Å². The number of ether oxygens (including phenoxy) is 3. The monoisotopic (exact) mass is 280 g/mol. The van der Waals surface area contributed by atoms with Crippen LogP contribution in [0.5, 0.6) is 11.5 Å². The molecular weight excluding hydrogens is 260 g/mol. The smallest absolute Gasteiger partial charge is 0.257 e. The molecule has 0 bridgehead atoms. The molecule has 0 saturated carbocycles. The van der Waals surface area contributed by atoms with E-state index in [4.69, 9.17) is 19.9 Å². The molecule has 0 aromatic heterocycles. The molecule has 1 atom stereocenters. The molecule has 6 nitrogen and oxygen atoms in total. The fourth-order valence-corrected chi connectivity index (χ4v) is 2.27. The number of hydrogen-bond acceptors (Lipinski definition) is 5. The fourth-order valence-electron chi connectivity index (χ4n) is 2.27. The molecule has 1 aliphatic heterocycles. The summed E-state index contributed by atoms with van der Waals surface area (Å²) < 4.78 is 16.0. The zero-order valence-electron chi connectivity index (χ0n) is 11.8. The molecule has 1 saturated heterocycles. The first kappa shape index (κ1) is 14.6. The molecule has 1 amide bonds. The van der Waals surface area contributed by atoms with Crippen molar-refractivity contribution in [2.24, 2.45) is 5.73 Å². The van der Waals surface area contributed by atoms with Gasteiger partial charge in [0.15, 0.2) is 11.5 Å². The number of carbonyl (C=O) groups is 1. The zero-order valence-corrected chi connectivity index (χ0v) is 11.8. The van der Waals surface area contributed by atoms with E-state index in [0.29, 0.717) is 43.3 Å². The van der Waals surface area contributed by atoms with Crippen LogP contribution in [0.1, 0.15) is 10.4 Å². The first-order valence-electron chi connectivity index (χ1n) is 6.53. The number of morpholine rings is 1. The van der Waals surface area contributed by atoms with Crippen molar-refractivity contribution in [3.63, 3.8) is 0 Å². The van der Waals surface area contributed by atoms with Crippen LogP contribution in [-0.4, -0.2) is 57.4 Å². The van der Waals surface area contributed by atoms with Crippen LogP contribution >= 0.6 is 0 Å². The standard InChI is InChI=1S/C14H20N2O4/c1-18-12-5-3-4-11(13(12)19-2)14(17)16-6-7-20-10(8-15)9-16/h3-5,10H,6-9,15H2,1-2H3/t10-/m0/s1. The average Bonchev–Trinajstić information content (AvgIpc) is 2.53. The highest BCUT2D eigenvalue weighted by atomic mass is 16.5. The van der Waals surface area contributed by atoms with Crippen LogP contribution < -0.4 is 15.2 Å². The maximum Gasteiger partial charge on any atom is 0.257 e. The minimum atomic E-state index is -0.107. The van der Waals surface area contributed by atoms with Gasteiger partial charge in [0.1, 0.15) is 0 Å². The molecule has 1 fully saturated rings. The van der Waals surface area contributed by atoms with Gasteiger partial charge in [-0.15, -0.1) is 0 Å². The molecule has 0 aliphatic carbocycles. The van der Waals surface area contributed by atoms with Gasteiger partial charge in [0.25, 0.3) is 5.91 Å². The van der Waals surface area contributed by atoms with Crippen molar-refractivity contribution in [1.29, 1.82) is 0 Å². The maximum atomic E-state index is 12.6. The lowest BCUT2D eigenvalue weighted by Gasteiger charge is -2.32. The van der Waals surface area contributed by atoms with E-state index >= 15 is 0 Å². The summed E-state index contributed by atoms with van der Waals surface area (Å²) in [5.41, 5.74) is 6.09. The third-order valence-electron chi connectivity index (χ3n) is 3.32. The summed E-state index contributed by atoms with van der Waals surface area (Å²) in [4.78, 5) is 14.3. The van der Waals surface area contributed by atoms with Crippen LogP contribution in [0.2, 0.25) is 0 Å². The quantitative estimate of drug-likeness (QED) is 0.869. The number of benzene rings is 1. The second-order valence-corrected chi connectivity index (χ2v) is 4.52. The Balaban J connectivity index is 2.24. The van der Waals surface area contributed by atoms with Gasteiger partial charge < -0.3 is 24.8 Å². The van der Waals surface area contributed by atoms with Gasteiger partial charge in [-0.25, -0.2) is 0 Å². The summed E-state index contributed by atoms with van der Waals surface area (Å²) in [7, 11) is 3.07. The minimum Gasteiger partial charge on any atom is -0.493 e. The largest absolute Gasteiger partial charge is 0.493 e. The van der Waals surface area contributed by atoms with E-state index in [-0.39, 0.29) is 12.0 Å². The van der Waals surface area contributed by atoms with Gasteiger partial charge in [0, 0.05) is 19.6 Å². The molecule has 1 aliphatic rings. The minimum absolute atomic E-state index is 0.0949. The van der Waals surface area contributed by atoms with E-state index in [0.717, 1.165) is 0 Å². The fraction of sp³-hybridized carbons (Fsp3) is 0.500. The van der Waals surface area contributed by atoms with E-state index in [1.807, 2.05) is 0 Å². The normalized spacial score (nSPS) is 18.8. The number of para-hydroxylation sites is 1. The Labute approximate surface area is 118 Å². The van der Waals surface area contributed by atoms with Crippen molar-refractivity contribution in [2.75, 3.05) is 40.5 Å². The summed E-state index contributed by atoms with van der Waals surface area (Å²) >= 11 is 0. The van der Waals surface area contributed by atoms with Crippen molar-refractivity contribution in [1.82, 2.24) is 4.90 Å². The van der Waals surface area contributed by atoms with E-state index in [9.17, 15) is 4.79 Å². The zero-order chi connectivity index (χ0) is 14.5. The van der Waals surface area contributed by atoms with Gasteiger partial charge in [-0.3, -0.25) is 4.79 Å². The molecule has 0 spiro atoms. The Morgan fingerprint density at radius 3 is 2.90 bits per heavy atom. The van der Waals surface area contributed by atoms with Crippen LogP contribution in [0, 0.1) is 0 Å². The number of carbonyl (C=O) groups excluding carboxylic acids is 1. The van der Waals surface area contributed by atoms with Gasteiger partial charge >= 0.3 is 0 Å². The van der Waals surface area contributed by atoms with Crippen molar-refractivity contribution >= 4 is 5.91 Å². The predicted molar refractivity (Wildman–Crippen MR) is 74.2 cm³/mol. The average molecular weight is 280 g/mol. The highest BCUT2D eigenvalue weighted by Crippen LogP contribution is 2.31. The number of nitrogens with zero attached hydrogens (tertiary/aromatic N) is 1. The Hall–Kier alpha value is -1.79. The van der Waals surface area contributed by atoms with Crippen molar-refractivity contribution in [3.8, 4) is 11.5 Å². The van der Waals surface area contributed by atoms with Crippen LogP contribution in [0.25, 0.3) is 0 Å². The molecule has 20 heavy (non-hydrogen) atoms. The Bertz CT molecular complexity index is 478. The van der Waals surface area contributed by atoms with Gasteiger partial charge in [0.2, 0.25) is 0 Å². The lowest BCUT2D eigenvalue weighted by molar-refractivity contribution is -0.0168. The van der Waals surface area contributed by atoms with Crippen molar-refractivity contribution in [3.05, 3.63) is 23.8 Å². The van der Waals surface area contributed by atoms with Gasteiger partial charge in [0.05, 0.1) is 32.5 Å².